The van der Waals surface area contributed by atoms with Gasteiger partial charge in [0.25, 0.3) is 0 Å². The zero-order valence-electron chi connectivity index (χ0n) is 11.6. The molecule has 1 N–H and O–H groups in total. The van der Waals surface area contributed by atoms with Crippen LogP contribution in [0.15, 0.2) is 29.2 Å². The number of benzene rings is 1. The van der Waals surface area contributed by atoms with Crippen molar-refractivity contribution in [3.05, 3.63) is 29.8 Å². The molecule has 7 heteroatoms. The predicted octanol–water partition coefficient (Wildman–Crippen LogP) is 1.58. The highest BCUT2D eigenvalue weighted by atomic mass is 32.2. The van der Waals surface area contributed by atoms with Gasteiger partial charge in [-0.2, -0.15) is 9.57 Å². The molecule has 1 aliphatic heterocycles. The van der Waals surface area contributed by atoms with Crippen molar-refractivity contribution in [1.82, 2.24) is 4.31 Å². The Morgan fingerprint density at radius 3 is 2.81 bits per heavy atom. The summed E-state index contributed by atoms with van der Waals surface area (Å²) in [4.78, 5) is 11.6. The second kappa shape index (κ2) is 5.47. The number of carboxylic acid groups (broad SMARTS) is 1. The summed E-state index contributed by atoms with van der Waals surface area (Å²) in [7, 11) is -3.93. The molecule has 0 saturated carbocycles. The Kier molecular flexibility index (Phi) is 4.03. The molecule has 21 heavy (non-hydrogen) atoms. The molecular formula is C14H16N2O4S. The minimum atomic E-state index is -3.93. The van der Waals surface area contributed by atoms with E-state index < -0.39 is 21.5 Å². The normalized spacial score (nSPS) is 22.9. The van der Waals surface area contributed by atoms with Crippen LogP contribution in [0.4, 0.5) is 0 Å². The van der Waals surface area contributed by atoms with Gasteiger partial charge in [-0.15, -0.1) is 0 Å². The first-order valence-electron chi connectivity index (χ1n) is 6.65. The summed E-state index contributed by atoms with van der Waals surface area (Å²) >= 11 is 0. The number of hydrogen-bond donors (Lipinski definition) is 1. The van der Waals surface area contributed by atoms with Crippen molar-refractivity contribution in [1.29, 1.82) is 5.26 Å². The van der Waals surface area contributed by atoms with E-state index in [0.717, 1.165) is 4.31 Å². The molecule has 1 aromatic carbocycles. The number of nitrogens with zero attached hydrogens (tertiary/aromatic N) is 2. The second-order valence-corrected chi connectivity index (χ2v) is 6.87. The summed E-state index contributed by atoms with van der Waals surface area (Å²) in [6.07, 6.45) is 1.02. The molecular weight excluding hydrogens is 292 g/mol. The summed E-state index contributed by atoms with van der Waals surface area (Å²) in [5.41, 5.74) is -1.16. The number of sulfonamides is 1. The highest BCUT2D eigenvalue weighted by Crippen LogP contribution is 2.37. The van der Waals surface area contributed by atoms with Crippen molar-refractivity contribution in [3.63, 3.8) is 0 Å². The molecule has 1 unspecified atom stereocenters. The van der Waals surface area contributed by atoms with Crippen LogP contribution in [0.3, 0.4) is 0 Å². The molecule has 2 rings (SSSR count). The van der Waals surface area contributed by atoms with E-state index in [1.807, 2.05) is 6.07 Å². The summed E-state index contributed by atoms with van der Waals surface area (Å²) in [5, 5.41) is 18.4. The average molecular weight is 308 g/mol. The van der Waals surface area contributed by atoms with E-state index in [4.69, 9.17) is 5.26 Å². The van der Waals surface area contributed by atoms with Crippen LogP contribution < -0.4 is 0 Å². The highest BCUT2D eigenvalue weighted by molar-refractivity contribution is 7.89. The van der Waals surface area contributed by atoms with E-state index in [2.05, 4.69) is 0 Å². The van der Waals surface area contributed by atoms with Gasteiger partial charge in [0.15, 0.2) is 0 Å². The maximum absolute atomic E-state index is 12.7. The third-order valence-electron chi connectivity index (χ3n) is 3.96. The highest BCUT2D eigenvalue weighted by Gasteiger charge is 2.52. The van der Waals surface area contributed by atoms with E-state index >= 15 is 0 Å². The molecule has 0 aliphatic carbocycles. The summed E-state index contributed by atoms with van der Waals surface area (Å²) in [5.74, 6) is -1.12. The van der Waals surface area contributed by atoms with Crippen LogP contribution in [0.5, 0.6) is 0 Å². The van der Waals surface area contributed by atoms with Crippen molar-refractivity contribution < 1.29 is 18.3 Å². The Bertz CT molecular complexity index is 708. The number of carbonyl (C=O) groups is 1. The van der Waals surface area contributed by atoms with Crippen molar-refractivity contribution in [2.45, 2.75) is 36.6 Å². The number of nitriles is 1. The predicted molar refractivity (Wildman–Crippen MR) is 74.9 cm³/mol. The van der Waals surface area contributed by atoms with E-state index in [-0.39, 0.29) is 23.4 Å². The van der Waals surface area contributed by atoms with Crippen molar-refractivity contribution in [2.24, 2.45) is 0 Å². The molecule has 0 spiro atoms. The Labute approximate surface area is 123 Å². The van der Waals surface area contributed by atoms with Crippen molar-refractivity contribution >= 4 is 16.0 Å². The van der Waals surface area contributed by atoms with Gasteiger partial charge >= 0.3 is 5.97 Å². The summed E-state index contributed by atoms with van der Waals surface area (Å²) in [6, 6.07) is 7.54. The third kappa shape index (κ3) is 2.41. The van der Waals surface area contributed by atoms with E-state index in [9.17, 15) is 18.3 Å². The Hall–Kier alpha value is -1.91. The summed E-state index contributed by atoms with van der Waals surface area (Å²) < 4.78 is 26.5. The monoisotopic (exact) mass is 308 g/mol. The minimum Gasteiger partial charge on any atom is -0.480 e. The zero-order valence-corrected chi connectivity index (χ0v) is 12.4. The molecule has 1 saturated heterocycles. The molecule has 112 valence electrons. The maximum Gasteiger partial charge on any atom is 0.325 e. The average Bonchev–Trinajstić information content (AvgIpc) is 2.93. The molecule has 0 amide bonds. The van der Waals surface area contributed by atoms with Crippen molar-refractivity contribution in [3.8, 4) is 6.07 Å². The molecule has 1 heterocycles. The standard InChI is InChI=1S/C14H16N2O4S/c1-2-14(13(17)18)7-4-8-16(14)21(19,20)12-6-3-5-11(9-12)10-15/h3,5-6,9H,2,4,7-8H2,1H3,(H,17,18). The quantitative estimate of drug-likeness (QED) is 0.910. The lowest BCUT2D eigenvalue weighted by Gasteiger charge is -2.32. The van der Waals surface area contributed by atoms with Crippen LogP contribution in [0.2, 0.25) is 0 Å². The topological polar surface area (TPSA) is 98.5 Å². The molecule has 1 atom stereocenters. The van der Waals surface area contributed by atoms with E-state index in [1.165, 1.54) is 24.3 Å². The first-order valence-corrected chi connectivity index (χ1v) is 8.09. The maximum atomic E-state index is 12.7. The van der Waals surface area contributed by atoms with Crippen LogP contribution in [-0.2, 0) is 14.8 Å². The molecule has 1 aliphatic rings. The Morgan fingerprint density at radius 1 is 1.52 bits per heavy atom. The SMILES string of the molecule is CCC1(C(=O)O)CCCN1S(=O)(=O)c1cccc(C#N)c1. The fourth-order valence-electron chi connectivity index (χ4n) is 2.78. The van der Waals surface area contributed by atoms with Gasteiger partial charge in [0.1, 0.15) is 5.54 Å². The fourth-order valence-corrected chi connectivity index (χ4v) is 4.68. The van der Waals surface area contributed by atoms with Gasteiger partial charge in [-0.3, -0.25) is 4.79 Å². The lowest BCUT2D eigenvalue weighted by atomic mass is 9.95. The second-order valence-electron chi connectivity index (χ2n) is 5.01. The number of aliphatic carboxylic acids is 1. The first-order chi connectivity index (χ1) is 9.88. The number of carboxylic acids is 1. The smallest absolute Gasteiger partial charge is 0.325 e. The van der Waals surface area contributed by atoms with Gasteiger partial charge in [0.2, 0.25) is 10.0 Å². The van der Waals surface area contributed by atoms with Gasteiger partial charge in [-0.25, -0.2) is 8.42 Å². The van der Waals surface area contributed by atoms with Crippen LogP contribution in [0, 0.1) is 11.3 Å². The van der Waals surface area contributed by atoms with Gasteiger partial charge < -0.3 is 5.11 Å². The Balaban J connectivity index is 2.53. The van der Waals surface area contributed by atoms with Gasteiger partial charge in [-0.05, 0) is 37.5 Å². The third-order valence-corrected chi connectivity index (χ3v) is 5.93. The molecule has 1 fully saturated rings. The van der Waals surface area contributed by atoms with Crippen LogP contribution in [-0.4, -0.2) is 35.9 Å². The van der Waals surface area contributed by atoms with Gasteiger partial charge in [0.05, 0.1) is 16.5 Å². The molecule has 0 radical (unpaired) electrons. The summed E-state index contributed by atoms with van der Waals surface area (Å²) in [6.45, 7) is 1.85. The largest absolute Gasteiger partial charge is 0.480 e. The molecule has 0 bridgehead atoms. The van der Waals surface area contributed by atoms with Gasteiger partial charge in [-0.1, -0.05) is 13.0 Å². The number of rotatable bonds is 4. The lowest BCUT2D eigenvalue weighted by Crippen LogP contribution is -2.52. The van der Waals surface area contributed by atoms with Gasteiger partial charge in [0, 0.05) is 6.54 Å². The fraction of sp³-hybridized carbons (Fsp3) is 0.429. The lowest BCUT2D eigenvalue weighted by molar-refractivity contribution is -0.147. The Morgan fingerprint density at radius 2 is 2.24 bits per heavy atom. The van der Waals surface area contributed by atoms with E-state index in [1.54, 1.807) is 6.92 Å². The first kappa shape index (κ1) is 15.5. The number of hydrogen-bond acceptors (Lipinski definition) is 4. The van der Waals surface area contributed by atoms with Crippen LogP contribution >= 0.6 is 0 Å². The van der Waals surface area contributed by atoms with Crippen LogP contribution in [0.1, 0.15) is 31.7 Å². The van der Waals surface area contributed by atoms with E-state index in [0.29, 0.717) is 12.8 Å². The minimum absolute atomic E-state index is 0.0393. The molecule has 0 aromatic heterocycles. The van der Waals surface area contributed by atoms with Crippen molar-refractivity contribution in [2.75, 3.05) is 6.54 Å². The molecule has 6 nitrogen and oxygen atoms in total. The zero-order chi connectivity index (χ0) is 15.7. The van der Waals surface area contributed by atoms with Crippen LogP contribution in [0.25, 0.3) is 0 Å². The molecule has 1 aromatic rings.